The molecule has 0 bridgehead atoms. The molecule has 3 nitrogen and oxygen atoms in total. The molecule has 1 aromatic carbocycles. The molecular formula is C17H30O3Si. The highest BCUT2D eigenvalue weighted by atomic mass is 28.4. The Balaban J connectivity index is 2.89. The van der Waals surface area contributed by atoms with Crippen LogP contribution < -0.4 is 0 Å². The van der Waals surface area contributed by atoms with Crippen molar-refractivity contribution < 1.29 is 13.3 Å². The van der Waals surface area contributed by atoms with E-state index in [1.807, 2.05) is 13.8 Å². The standard InChI is InChI=1S/C17H30O3Si/c1-7-18-21(19-8-2,13-14(3)4)20-16(6)17-11-9-15(5)10-12-17/h9-12,14,16H,7-8,13H2,1-6H3. The Hall–Kier alpha value is -0.683. The maximum atomic E-state index is 6.35. The predicted octanol–water partition coefficient (Wildman–Crippen LogP) is 4.74. The SMILES string of the molecule is CCO[Si](CC(C)C)(OCC)OC(C)c1ccc(C)cc1. The minimum absolute atomic E-state index is 0.0193. The van der Waals surface area contributed by atoms with Crippen LogP contribution >= 0.6 is 0 Å². The third-order valence-electron chi connectivity index (χ3n) is 3.29. The first kappa shape index (κ1) is 18.4. The Kier molecular flexibility index (Phi) is 7.60. The topological polar surface area (TPSA) is 27.7 Å². The Morgan fingerprint density at radius 2 is 1.48 bits per heavy atom. The fraction of sp³-hybridized carbons (Fsp3) is 0.647. The molecule has 21 heavy (non-hydrogen) atoms. The molecule has 1 rings (SSSR count). The summed E-state index contributed by atoms with van der Waals surface area (Å²) in [5, 5.41) is 0. The molecule has 1 unspecified atom stereocenters. The van der Waals surface area contributed by atoms with Crippen LogP contribution in [0.15, 0.2) is 24.3 Å². The fourth-order valence-corrected chi connectivity index (χ4v) is 5.50. The molecule has 0 saturated heterocycles. The summed E-state index contributed by atoms with van der Waals surface area (Å²) in [5.41, 5.74) is 2.42. The highest BCUT2D eigenvalue weighted by molar-refractivity contribution is 6.60. The third-order valence-corrected chi connectivity index (χ3v) is 6.78. The summed E-state index contributed by atoms with van der Waals surface area (Å²) in [6.45, 7) is 13.8. The molecule has 1 atom stereocenters. The van der Waals surface area contributed by atoms with Gasteiger partial charge in [0, 0.05) is 19.3 Å². The maximum Gasteiger partial charge on any atom is 0.501 e. The Bertz CT molecular complexity index is 397. The molecule has 0 spiro atoms. The fourth-order valence-electron chi connectivity index (χ4n) is 2.39. The summed E-state index contributed by atoms with van der Waals surface area (Å²) < 4.78 is 18.3. The summed E-state index contributed by atoms with van der Waals surface area (Å²) in [6.07, 6.45) is -0.0193. The van der Waals surface area contributed by atoms with Crippen molar-refractivity contribution in [3.63, 3.8) is 0 Å². The molecule has 0 heterocycles. The van der Waals surface area contributed by atoms with Crippen molar-refractivity contribution in [3.05, 3.63) is 35.4 Å². The predicted molar refractivity (Wildman–Crippen MR) is 89.3 cm³/mol. The van der Waals surface area contributed by atoms with Gasteiger partial charge in [0.15, 0.2) is 0 Å². The van der Waals surface area contributed by atoms with Gasteiger partial charge in [0.25, 0.3) is 0 Å². The molecule has 0 fully saturated rings. The lowest BCUT2D eigenvalue weighted by Crippen LogP contribution is -2.47. The van der Waals surface area contributed by atoms with Gasteiger partial charge in [-0.15, -0.1) is 0 Å². The van der Waals surface area contributed by atoms with Gasteiger partial charge in [-0.2, -0.15) is 0 Å². The van der Waals surface area contributed by atoms with Crippen molar-refractivity contribution in [1.29, 1.82) is 0 Å². The van der Waals surface area contributed by atoms with Crippen molar-refractivity contribution in [2.45, 2.75) is 53.7 Å². The van der Waals surface area contributed by atoms with Gasteiger partial charge < -0.3 is 13.3 Å². The molecule has 0 aliphatic heterocycles. The van der Waals surface area contributed by atoms with Crippen molar-refractivity contribution in [2.75, 3.05) is 13.2 Å². The second-order valence-electron chi connectivity index (χ2n) is 5.82. The quantitative estimate of drug-likeness (QED) is 0.617. The van der Waals surface area contributed by atoms with Crippen LogP contribution in [0.1, 0.15) is 51.8 Å². The first-order chi connectivity index (χ1) is 9.92. The number of hydrogen-bond acceptors (Lipinski definition) is 3. The van der Waals surface area contributed by atoms with Gasteiger partial charge in [0.1, 0.15) is 0 Å². The largest absolute Gasteiger partial charge is 0.501 e. The van der Waals surface area contributed by atoms with E-state index in [0.717, 1.165) is 6.04 Å². The molecule has 0 amide bonds. The van der Waals surface area contributed by atoms with Crippen LogP contribution in [0.2, 0.25) is 6.04 Å². The summed E-state index contributed by atoms with van der Waals surface area (Å²) in [5.74, 6) is 0.486. The monoisotopic (exact) mass is 310 g/mol. The molecule has 120 valence electrons. The lowest BCUT2D eigenvalue weighted by molar-refractivity contribution is 0.0352. The van der Waals surface area contributed by atoms with Crippen LogP contribution in [0, 0.1) is 12.8 Å². The van der Waals surface area contributed by atoms with Crippen molar-refractivity contribution in [3.8, 4) is 0 Å². The molecule has 0 aliphatic rings. The van der Waals surface area contributed by atoms with Gasteiger partial charge in [0.05, 0.1) is 6.10 Å². The van der Waals surface area contributed by atoms with E-state index < -0.39 is 8.80 Å². The zero-order valence-corrected chi connectivity index (χ0v) is 15.3. The Morgan fingerprint density at radius 1 is 0.952 bits per heavy atom. The Labute approximate surface area is 131 Å². The van der Waals surface area contributed by atoms with Gasteiger partial charge in [-0.3, -0.25) is 0 Å². The second kappa shape index (κ2) is 8.69. The average Bonchev–Trinajstić information content (AvgIpc) is 2.39. The van der Waals surface area contributed by atoms with Crippen LogP contribution in [0.25, 0.3) is 0 Å². The van der Waals surface area contributed by atoms with E-state index in [0.29, 0.717) is 19.1 Å². The van der Waals surface area contributed by atoms with Crippen molar-refractivity contribution in [1.82, 2.24) is 0 Å². The molecule has 0 aliphatic carbocycles. The van der Waals surface area contributed by atoms with Gasteiger partial charge in [-0.05, 0) is 39.2 Å². The highest BCUT2D eigenvalue weighted by Crippen LogP contribution is 2.28. The van der Waals surface area contributed by atoms with Crippen LogP contribution in [-0.2, 0) is 13.3 Å². The number of rotatable bonds is 9. The maximum absolute atomic E-state index is 6.35. The minimum Gasteiger partial charge on any atom is -0.374 e. The summed E-state index contributed by atoms with van der Waals surface area (Å²) in [6, 6.07) is 9.31. The lowest BCUT2D eigenvalue weighted by Gasteiger charge is -2.33. The van der Waals surface area contributed by atoms with E-state index >= 15 is 0 Å². The molecule has 0 radical (unpaired) electrons. The molecule has 0 N–H and O–H groups in total. The second-order valence-corrected chi connectivity index (χ2v) is 8.41. The van der Waals surface area contributed by atoms with Crippen LogP contribution in [0.4, 0.5) is 0 Å². The van der Waals surface area contributed by atoms with Crippen molar-refractivity contribution in [2.24, 2.45) is 5.92 Å². The van der Waals surface area contributed by atoms with Gasteiger partial charge in [-0.25, -0.2) is 0 Å². The zero-order valence-electron chi connectivity index (χ0n) is 14.3. The minimum atomic E-state index is -2.62. The average molecular weight is 311 g/mol. The summed E-state index contributed by atoms with van der Waals surface area (Å²) in [7, 11) is -2.62. The van der Waals surface area contributed by atoms with Crippen molar-refractivity contribution >= 4 is 8.80 Å². The zero-order chi connectivity index (χ0) is 15.9. The first-order valence-electron chi connectivity index (χ1n) is 7.94. The molecular weight excluding hydrogens is 280 g/mol. The van der Waals surface area contributed by atoms with E-state index in [1.54, 1.807) is 0 Å². The number of benzene rings is 1. The number of aryl methyl sites for hydroxylation is 1. The summed E-state index contributed by atoms with van der Waals surface area (Å²) >= 11 is 0. The smallest absolute Gasteiger partial charge is 0.374 e. The van der Waals surface area contributed by atoms with E-state index in [2.05, 4.69) is 52.0 Å². The first-order valence-corrected chi connectivity index (χ1v) is 9.88. The van der Waals surface area contributed by atoms with Crippen LogP contribution in [0.3, 0.4) is 0 Å². The van der Waals surface area contributed by atoms with E-state index in [-0.39, 0.29) is 6.10 Å². The highest BCUT2D eigenvalue weighted by Gasteiger charge is 2.43. The lowest BCUT2D eigenvalue weighted by atomic mass is 10.1. The van der Waals surface area contributed by atoms with Gasteiger partial charge in [-0.1, -0.05) is 43.7 Å². The van der Waals surface area contributed by atoms with Gasteiger partial charge in [0.2, 0.25) is 0 Å². The third kappa shape index (κ3) is 5.91. The Morgan fingerprint density at radius 3 is 1.90 bits per heavy atom. The summed E-state index contributed by atoms with van der Waals surface area (Å²) in [4.78, 5) is 0. The normalized spacial score (nSPS) is 13.7. The number of hydrogen-bond donors (Lipinski definition) is 0. The van der Waals surface area contributed by atoms with E-state index in [1.165, 1.54) is 11.1 Å². The van der Waals surface area contributed by atoms with E-state index in [4.69, 9.17) is 13.3 Å². The van der Waals surface area contributed by atoms with E-state index in [9.17, 15) is 0 Å². The molecule has 4 heteroatoms. The van der Waals surface area contributed by atoms with Crippen LogP contribution in [-0.4, -0.2) is 22.0 Å². The van der Waals surface area contributed by atoms with Crippen LogP contribution in [0.5, 0.6) is 0 Å². The molecule has 0 saturated carbocycles. The molecule has 1 aromatic rings. The molecule has 0 aromatic heterocycles. The van der Waals surface area contributed by atoms with Gasteiger partial charge >= 0.3 is 8.80 Å².